The van der Waals surface area contributed by atoms with E-state index in [1.165, 1.54) is 0 Å². The summed E-state index contributed by atoms with van der Waals surface area (Å²) in [4.78, 5) is 0. The molecule has 0 bridgehead atoms. The van der Waals surface area contributed by atoms with E-state index >= 15 is 0 Å². The van der Waals surface area contributed by atoms with Gasteiger partial charge in [-0.05, 0) is 30.9 Å². The van der Waals surface area contributed by atoms with Crippen molar-refractivity contribution in [3.8, 4) is 17.2 Å². The quantitative estimate of drug-likeness (QED) is 0.770. The van der Waals surface area contributed by atoms with Gasteiger partial charge in [-0.3, -0.25) is 0 Å². The molecule has 1 unspecified atom stereocenters. The van der Waals surface area contributed by atoms with E-state index in [0.29, 0.717) is 29.8 Å². The lowest BCUT2D eigenvalue weighted by atomic mass is 10.0. The normalized spacial score (nSPS) is 20.0. The molecule has 15 heavy (non-hydrogen) atoms. The Morgan fingerprint density at radius 2 is 2.27 bits per heavy atom. The number of phenolic OH excluding ortho intramolecular Hbond substituents is 1. The number of hydrogen-bond acceptors (Lipinski definition) is 3. The van der Waals surface area contributed by atoms with Crippen LogP contribution in [0.15, 0.2) is 12.1 Å². The van der Waals surface area contributed by atoms with E-state index in [4.69, 9.17) is 9.47 Å². The van der Waals surface area contributed by atoms with E-state index in [1.807, 2.05) is 0 Å². The van der Waals surface area contributed by atoms with Crippen LogP contribution in [0.25, 0.3) is 0 Å². The summed E-state index contributed by atoms with van der Waals surface area (Å²) in [6.45, 7) is 2.84. The van der Waals surface area contributed by atoms with Crippen LogP contribution in [-0.4, -0.2) is 18.8 Å². The maximum atomic E-state index is 9.75. The molecule has 1 aliphatic rings. The van der Waals surface area contributed by atoms with Crippen molar-refractivity contribution in [2.24, 2.45) is 5.92 Å². The van der Waals surface area contributed by atoms with Crippen molar-refractivity contribution < 1.29 is 14.6 Å². The molecule has 1 heterocycles. The van der Waals surface area contributed by atoms with Crippen molar-refractivity contribution >= 4 is 0 Å². The average Bonchev–Trinajstić information content (AvgIpc) is 2.43. The second-order valence-corrected chi connectivity index (χ2v) is 4.05. The number of hydrogen-bond donors (Lipinski definition) is 1. The third kappa shape index (κ3) is 1.87. The number of phenols is 1. The zero-order valence-corrected chi connectivity index (χ0v) is 9.12. The van der Waals surface area contributed by atoms with Crippen molar-refractivity contribution in [1.82, 2.24) is 0 Å². The fourth-order valence-electron chi connectivity index (χ4n) is 1.86. The number of aromatic hydroxyl groups is 1. The van der Waals surface area contributed by atoms with Gasteiger partial charge in [0.2, 0.25) is 0 Å². The zero-order valence-electron chi connectivity index (χ0n) is 9.12. The maximum absolute atomic E-state index is 9.75. The van der Waals surface area contributed by atoms with Crippen molar-refractivity contribution in [2.45, 2.75) is 19.8 Å². The second-order valence-electron chi connectivity index (χ2n) is 4.05. The summed E-state index contributed by atoms with van der Waals surface area (Å²) in [5.41, 5.74) is 0.874. The Hall–Kier alpha value is -1.38. The molecule has 0 aromatic heterocycles. The van der Waals surface area contributed by atoms with E-state index < -0.39 is 0 Å². The Bertz CT molecular complexity index is 360. The Morgan fingerprint density at radius 1 is 1.47 bits per heavy atom. The largest absolute Gasteiger partial charge is 0.508 e. The summed E-state index contributed by atoms with van der Waals surface area (Å²) in [5.74, 6) is 2.24. The summed E-state index contributed by atoms with van der Waals surface area (Å²) in [6, 6.07) is 3.40. The van der Waals surface area contributed by atoms with Crippen LogP contribution in [-0.2, 0) is 6.42 Å². The van der Waals surface area contributed by atoms with Crippen LogP contribution in [0.3, 0.4) is 0 Å². The van der Waals surface area contributed by atoms with Gasteiger partial charge < -0.3 is 14.6 Å². The predicted octanol–water partition coefficient (Wildman–Crippen LogP) is 2.36. The fourth-order valence-corrected chi connectivity index (χ4v) is 1.86. The van der Waals surface area contributed by atoms with Crippen LogP contribution in [0.4, 0.5) is 0 Å². The minimum atomic E-state index is 0.305. The van der Waals surface area contributed by atoms with E-state index in [9.17, 15) is 5.11 Å². The third-order valence-corrected chi connectivity index (χ3v) is 2.82. The monoisotopic (exact) mass is 208 g/mol. The SMILES string of the molecule is COc1ccc(O)c2c1OCC(C)CC2. The lowest BCUT2D eigenvalue weighted by Crippen LogP contribution is -2.06. The molecule has 1 aromatic carbocycles. The highest BCUT2D eigenvalue weighted by atomic mass is 16.5. The molecule has 1 atom stereocenters. The maximum Gasteiger partial charge on any atom is 0.168 e. The molecule has 3 heteroatoms. The van der Waals surface area contributed by atoms with Crippen LogP contribution in [0.1, 0.15) is 18.9 Å². The number of ether oxygens (including phenoxy) is 2. The molecule has 2 rings (SSSR count). The van der Waals surface area contributed by atoms with Gasteiger partial charge in [0.1, 0.15) is 5.75 Å². The first-order valence-corrected chi connectivity index (χ1v) is 5.24. The summed E-state index contributed by atoms with van der Waals surface area (Å²) < 4.78 is 10.9. The van der Waals surface area contributed by atoms with E-state index in [2.05, 4.69) is 6.92 Å². The first-order valence-electron chi connectivity index (χ1n) is 5.24. The van der Waals surface area contributed by atoms with Crippen LogP contribution in [0.5, 0.6) is 17.2 Å². The van der Waals surface area contributed by atoms with Crippen LogP contribution in [0.2, 0.25) is 0 Å². The second kappa shape index (κ2) is 4.01. The highest BCUT2D eigenvalue weighted by Gasteiger charge is 2.20. The Labute approximate surface area is 89.6 Å². The van der Waals surface area contributed by atoms with Crippen LogP contribution < -0.4 is 9.47 Å². The Morgan fingerprint density at radius 3 is 3.00 bits per heavy atom. The van der Waals surface area contributed by atoms with Crippen molar-refractivity contribution in [3.63, 3.8) is 0 Å². The highest BCUT2D eigenvalue weighted by molar-refractivity contribution is 5.53. The molecule has 0 amide bonds. The summed E-state index contributed by atoms with van der Waals surface area (Å²) in [6.07, 6.45) is 1.88. The van der Waals surface area contributed by atoms with Gasteiger partial charge >= 0.3 is 0 Å². The standard InChI is InChI=1S/C12H16O3/c1-8-3-4-9-10(13)5-6-11(14-2)12(9)15-7-8/h5-6,8,13H,3-4,7H2,1-2H3. The number of methoxy groups -OCH3 is 1. The topological polar surface area (TPSA) is 38.7 Å². The molecule has 82 valence electrons. The first kappa shape index (κ1) is 10.1. The molecule has 1 aliphatic heterocycles. The minimum Gasteiger partial charge on any atom is -0.508 e. The third-order valence-electron chi connectivity index (χ3n) is 2.82. The first-order chi connectivity index (χ1) is 7.22. The van der Waals surface area contributed by atoms with E-state index in [0.717, 1.165) is 18.4 Å². The van der Waals surface area contributed by atoms with Gasteiger partial charge in [-0.1, -0.05) is 6.92 Å². The van der Waals surface area contributed by atoms with Gasteiger partial charge in [-0.15, -0.1) is 0 Å². The molecule has 0 saturated carbocycles. The van der Waals surface area contributed by atoms with Gasteiger partial charge in [0, 0.05) is 5.56 Å². The van der Waals surface area contributed by atoms with Gasteiger partial charge in [-0.25, -0.2) is 0 Å². The predicted molar refractivity (Wildman–Crippen MR) is 57.6 cm³/mol. The van der Waals surface area contributed by atoms with Gasteiger partial charge in [-0.2, -0.15) is 0 Å². The van der Waals surface area contributed by atoms with E-state index in [1.54, 1.807) is 19.2 Å². The highest BCUT2D eigenvalue weighted by Crippen LogP contribution is 2.40. The molecule has 0 radical (unpaired) electrons. The summed E-state index contributed by atoms with van der Waals surface area (Å²) in [5, 5.41) is 9.75. The minimum absolute atomic E-state index is 0.305. The number of rotatable bonds is 1. The van der Waals surface area contributed by atoms with Crippen LogP contribution in [0, 0.1) is 5.92 Å². The summed E-state index contributed by atoms with van der Waals surface area (Å²) in [7, 11) is 1.62. The molecule has 1 aromatic rings. The molecule has 0 aliphatic carbocycles. The van der Waals surface area contributed by atoms with Crippen LogP contribution >= 0.6 is 0 Å². The molecular weight excluding hydrogens is 192 g/mol. The number of fused-ring (bicyclic) bond motifs is 1. The Kier molecular flexibility index (Phi) is 2.71. The molecule has 3 nitrogen and oxygen atoms in total. The fraction of sp³-hybridized carbons (Fsp3) is 0.500. The van der Waals surface area contributed by atoms with Gasteiger partial charge in [0.15, 0.2) is 11.5 Å². The Balaban J connectivity index is 2.44. The van der Waals surface area contributed by atoms with Gasteiger partial charge in [0.05, 0.1) is 13.7 Å². The average molecular weight is 208 g/mol. The van der Waals surface area contributed by atoms with Crippen molar-refractivity contribution in [1.29, 1.82) is 0 Å². The molecule has 0 saturated heterocycles. The molecule has 0 fully saturated rings. The van der Waals surface area contributed by atoms with E-state index in [-0.39, 0.29) is 0 Å². The summed E-state index contributed by atoms with van der Waals surface area (Å²) >= 11 is 0. The van der Waals surface area contributed by atoms with Gasteiger partial charge in [0.25, 0.3) is 0 Å². The number of benzene rings is 1. The van der Waals surface area contributed by atoms with Crippen molar-refractivity contribution in [3.05, 3.63) is 17.7 Å². The molecular formula is C12H16O3. The lowest BCUT2D eigenvalue weighted by molar-refractivity contribution is 0.252. The van der Waals surface area contributed by atoms with Crippen molar-refractivity contribution in [2.75, 3.05) is 13.7 Å². The zero-order chi connectivity index (χ0) is 10.8. The lowest BCUT2D eigenvalue weighted by Gasteiger charge is -2.13. The molecule has 0 spiro atoms. The molecule has 1 N–H and O–H groups in total. The smallest absolute Gasteiger partial charge is 0.168 e.